The number of hydrogen-bond donors (Lipinski definition) is 1. The highest BCUT2D eigenvalue weighted by molar-refractivity contribution is 7.88. The maximum atomic E-state index is 13.0. The highest BCUT2D eigenvalue weighted by Gasteiger charge is 2.38. The van der Waals surface area contributed by atoms with Crippen LogP contribution in [0.3, 0.4) is 0 Å². The zero-order valence-electron chi connectivity index (χ0n) is 17.8. The standard InChI is InChI=1S/C21H25N5O4S2/c1-14-10-25(32(2,28)29)11-18(14)19-23-21(26(24-19)20(27)17-7-8-31-13-17)30-12-16-5-3-15(9-22)4-6-16/h3-8,13-14,18H,9-12,22H2,1-2H3. The van der Waals surface area contributed by atoms with E-state index in [9.17, 15) is 13.2 Å². The second-order valence-corrected chi connectivity index (χ2v) is 10.7. The summed E-state index contributed by atoms with van der Waals surface area (Å²) in [4.78, 5) is 17.5. The van der Waals surface area contributed by atoms with Gasteiger partial charge in [-0.25, -0.2) is 12.7 Å². The second kappa shape index (κ2) is 9.10. The summed E-state index contributed by atoms with van der Waals surface area (Å²) < 4.78 is 32.5. The monoisotopic (exact) mass is 475 g/mol. The summed E-state index contributed by atoms with van der Waals surface area (Å²) in [5.41, 5.74) is 8.04. The molecule has 2 aromatic heterocycles. The van der Waals surface area contributed by atoms with Gasteiger partial charge in [0.05, 0.1) is 11.8 Å². The van der Waals surface area contributed by atoms with Crippen molar-refractivity contribution < 1.29 is 17.9 Å². The van der Waals surface area contributed by atoms with Gasteiger partial charge in [-0.15, -0.1) is 9.78 Å². The molecule has 0 saturated carbocycles. The first-order chi connectivity index (χ1) is 15.3. The average Bonchev–Trinajstić information content (AvgIpc) is 3.51. The van der Waals surface area contributed by atoms with Crippen molar-refractivity contribution in [2.45, 2.75) is 26.0 Å². The summed E-state index contributed by atoms with van der Waals surface area (Å²) >= 11 is 1.41. The predicted octanol–water partition coefficient (Wildman–Crippen LogP) is 2.06. The van der Waals surface area contributed by atoms with E-state index in [0.717, 1.165) is 11.1 Å². The number of sulfonamides is 1. The molecular weight excluding hydrogens is 450 g/mol. The van der Waals surface area contributed by atoms with Crippen molar-refractivity contribution in [2.24, 2.45) is 11.7 Å². The first-order valence-electron chi connectivity index (χ1n) is 10.2. The highest BCUT2D eigenvalue weighted by atomic mass is 32.2. The maximum absolute atomic E-state index is 13.0. The second-order valence-electron chi connectivity index (χ2n) is 7.95. The molecule has 3 heterocycles. The molecule has 2 N–H and O–H groups in total. The van der Waals surface area contributed by atoms with Crippen molar-refractivity contribution in [1.29, 1.82) is 0 Å². The van der Waals surface area contributed by atoms with Crippen LogP contribution in [0.15, 0.2) is 41.1 Å². The van der Waals surface area contributed by atoms with Crippen LogP contribution >= 0.6 is 11.3 Å². The Hall–Kier alpha value is -2.60. The third kappa shape index (κ3) is 4.75. The third-order valence-corrected chi connectivity index (χ3v) is 7.48. The lowest BCUT2D eigenvalue weighted by Gasteiger charge is -2.11. The number of rotatable bonds is 7. The van der Waals surface area contributed by atoms with Crippen molar-refractivity contribution in [3.05, 3.63) is 63.6 Å². The van der Waals surface area contributed by atoms with E-state index in [0.29, 0.717) is 24.5 Å². The molecule has 2 unspecified atom stereocenters. The Morgan fingerprint density at radius 2 is 1.94 bits per heavy atom. The molecule has 11 heteroatoms. The first-order valence-corrected chi connectivity index (χ1v) is 12.9. The third-order valence-electron chi connectivity index (χ3n) is 5.56. The fourth-order valence-electron chi connectivity index (χ4n) is 3.65. The van der Waals surface area contributed by atoms with E-state index >= 15 is 0 Å². The zero-order valence-corrected chi connectivity index (χ0v) is 19.5. The Kier molecular flexibility index (Phi) is 6.42. The first kappa shape index (κ1) is 22.6. The Morgan fingerprint density at radius 3 is 2.53 bits per heavy atom. The van der Waals surface area contributed by atoms with E-state index in [4.69, 9.17) is 10.5 Å². The largest absolute Gasteiger partial charge is 0.458 e. The number of thiophene rings is 1. The van der Waals surface area contributed by atoms with Gasteiger partial charge in [0, 0.05) is 30.9 Å². The van der Waals surface area contributed by atoms with Crippen LogP contribution in [0.25, 0.3) is 0 Å². The molecule has 0 radical (unpaired) electrons. The van der Waals surface area contributed by atoms with Gasteiger partial charge >= 0.3 is 6.01 Å². The Labute approximate surface area is 190 Å². The molecule has 1 saturated heterocycles. The van der Waals surface area contributed by atoms with Crippen LogP contribution in [0.2, 0.25) is 0 Å². The molecule has 0 bridgehead atoms. The van der Waals surface area contributed by atoms with Gasteiger partial charge in [0.15, 0.2) is 5.82 Å². The quantitative estimate of drug-likeness (QED) is 0.555. The van der Waals surface area contributed by atoms with Gasteiger partial charge in [-0.2, -0.15) is 16.3 Å². The van der Waals surface area contributed by atoms with Gasteiger partial charge in [-0.1, -0.05) is 31.2 Å². The molecule has 1 aromatic carbocycles. The van der Waals surface area contributed by atoms with Gasteiger partial charge in [0.25, 0.3) is 5.91 Å². The lowest BCUT2D eigenvalue weighted by Crippen LogP contribution is -2.27. The summed E-state index contributed by atoms with van der Waals surface area (Å²) in [5, 5.41) is 8.00. The fourth-order valence-corrected chi connectivity index (χ4v) is 5.22. The smallest absolute Gasteiger partial charge is 0.323 e. The molecule has 3 aromatic rings. The lowest BCUT2D eigenvalue weighted by atomic mass is 9.98. The molecule has 1 aliphatic rings. The Balaban J connectivity index is 1.62. The molecule has 170 valence electrons. The minimum atomic E-state index is -3.32. The SMILES string of the molecule is CC1CN(S(C)(=O)=O)CC1c1nc(OCc2ccc(CN)cc2)n(C(=O)c2ccsc2)n1. The van der Waals surface area contributed by atoms with Gasteiger partial charge < -0.3 is 10.5 Å². The van der Waals surface area contributed by atoms with Gasteiger partial charge in [0.1, 0.15) is 6.61 Å². The summed E-state index contributed by atoms with van der Waals surface area (Å²) in [6, 6.07) is 9.47. The van der Waals surface area contributed by atoms with Crippen molar-refractivity contribution in [3.63, 3.8) is 0 Å². The van der Waals surface area contributed by atoms with Crippen LogP contribution in [0.1, 0.15) is 40.2 Å². The molecule has 9 nitrogen and oxygen atoms in total. The summed E-state index contributed by atoms with van der Waals surface area (Å²) in [6.45, 7) is 3.28. The van der Waals surface area contributed by atoms with E-state index < -0.39 is 10.0 Å². The summed E-state index contributed by atoms with van der Waals surface area (Å²) in [6.07, 6.45) is 1.19. The van der Waals surface area contributed by atoms with E-state index in [-0.39, 0.29) is 36.9 Å². The fraction of sp³-hybridized carbons (Fsp3) is 0.381. The number of nitrogens with zero attached hydrogens (tertiary/aromatic N) is 4. The number of carbonyl (C=O) groups excluding carboxylic acids is 1. The maximum Gasteiger partial charge on any atom is 0.323 e. The van der Waals surface area contributed by atoms with Crippen LogP contribution < -0.4 is 10.5 Å². The number of hydrogen-bond acceptors (Lipinski definition) is 8. The molecule has 1 aliphatic heterocycles. The average molecular weight is 476 g/mol. The molecule has 32 heavy (non-hydrogen) atoms. The molecule has 2 atom stereocenters. The van der Waals surface area contributed by atoms with Crippen molar-refractivity contribution >= 4 is 27.3 Å². The topological polar surface area (TPSA) is 120 Å². The number of benzene rings is 1. The lowest BCUT2D eigenvalue weighted by molar-refractivity contribution is 0.0926. The van der Waals surface area contributed by atoms with Gasteiger partial charge in [-0.3, -0.25) is 4.79 Å². The summed E-state index contributed by atoms with van der Waals surface area (Å²) in [7, 11) is -3.32. The van der Waals surface area contributed by atoms with Crippen LogP contribution in [0.4, 0.5) is 0 Å². The molecule has 0 aliphatic carbocycles. The molecule has 4 rings (SSSR count). The minimum Gasteiger partial charge on any atom is -0.458 e. The number of carbonyl (C=O) groups is 1. The van der Waals surface area contributed by atoms with Crippen molar-refractivity contribution in [1.82, 2.24) is 19.1 Å². The van der Waals surface area contributed by atoms with Gasteiger partial charge in [0.2, 0.25) is 10.0 Å². The van der Waals surface area contributed by atoms with E-state index in [1.165, 1.54) is 26.6 Å². The van der Waals surface area contributed by atoms with E-state index in [1.807, 2.05) is 36.6 Å². The Bertz CT molecular complexity index is 1190. The Morgan fingerprint density at radius 1 is 1.22 bits per heavy atom. The van der Waals surface area contributed by atoms with E-state index in [1.54, 1.807) is 11.4 Å². The van der Waals surface area contributed by atoms with Crippen LogP contribution in [-0.2, 0) is 23.2 Å². The normalized spacial score (nSPS) is 19.3. The van der Waals surface area contributed by atoms with Crippen LogP contribution in [0.5, 0.6) is 6.01 Å². The van der Waals surface area contributed by atoms with E-state index in [2.05, 4.69) is 10.1 Å². The molecule has 0 amide bonds. The van der Waals surface area contributed by atoms with Crippen LogP contribution in [-0.4, -0.2) is 52.7 Å². The molecular formula is C21H25N5O4S2. The predicted molar refractivity (Wildman–Crippen MR) is 121 cm³/mol. The van der Waals surface area contributed by atoms with Crippen molar-refractivity contribution in [3.8, 4) is 6.01 Å². The molecule has 1 fully saturated rings. The van der Waals surface area contributed by atoms with Crippen LogP contribution in [0, 0.1) is 5.92 Å². The minimum absolute atomic E-state index is 0.00785. The number of ether oxygens (including phenoxy) is 1. The zero-order chi connectivity index (χ0) is 22.9. The van der Waals surface area contributed by atoms with Crippen molar-refractivity contribution in [2.75, 3.05) is 19.3 Å². The van der Waals surface area contributed by atoms with Gasteiger partial charge in [-0.05, 0) is 28.5 Å². The highest BCUT2D eigenvalue weighted by Crippen LogP contribution is 2.33. The summed E-state index contributed by atoms with van der Waals surface area (Å²) in [5.74, 6) is -0.161. The number of nitrogens with two attached hydrogens (primary N) is 1. The molecule has 0 spiro atoms. The number of aromatic nitrogens is 3.